The minimum Gasteiger partial charge on any atom is -0.349 e. The summed E-state index contributed by atoms with van der Waals surface area (Å²) in [5.74, 6) is -0.259. The van der Waals surface area contributed by atoms with E-state index in [2.05, 4.69) is 4.98 Å². The fourth-order valence-electron chi connectivity index (χ4n) is 1.03. The molecule has 14 heavy (non-hydrogen) atoms. The highest BCUT2D eigenvalue weighted by molar-refractivity contribution is 6.17. The van der Waals surface area contributed by atoms with E-state index in [1.54, 1.807) is 6.07 Å². The number of aromatic amines is 1. The number of nitrogens with zero attached hydrogens (tertiary/aromatic N) is 1. The lowest BCUT2D eigenvalue weighted by atomic mass is 10.2. The molecule has 3 nitrogen and oxygen atoms in total. The molecule has 0 aliphatic carbocycles. The molecule has 0 aromatic carbocycles. The molecule has 0 atom stereocenters. The van der Waals surface area contributed by atoms with Crippen LogP contribution in [-0.2, 0) is 5.88 Å². The maximum atomic E-state index is 12.3. The van der Waals surface area contributed by atoms with Crippen molar-refractivity contribution in [1.82, 2.24) is 4.98 Å². The smallest absolute Gasteiger partial charge is 0.269 e. The molecule has 0 saturated carbocycles. The molecule has 6 heteroatoms. The molecule has 0 amide bonds. The van der Waals surface area contributed by atoms with E-state index in [4.69, 9.17) is 16.9 Å². The summed E-state index contributed by atoms with van der Waals surface area (Å²) in [6, 6.07) is 2.48. The summed E-state index contributed by atoms with van der Waals surface area (Å²) in [5.41, 5.74) is -1.72. The van der Waals surface area contributed by atoms with Gasteiger partial charge in [0.2, 0.25) is 0 Å². The number of H-pyrrole nitrogens is 1. The number of alkyl halides is 3. The summed E-state index contributed by atoms with van der Waals surface area (Å²) in [6.45, 7) is 0. The molecule has 1 heterocycles. The van der Waals surface area contributed by atoms with Gasteiger partial charge in [-0.05, 0) is 0 Å². The van der Waals surface area contributed by atoms with Crippen LogP contribution in [0.25, 0.3) is 0 Å². The first-order valence-corrected chi connectivity index (χ1v) is 4.14. The van der Waals surface area contributed by atoms with Gasteiger partial charge in [-0.1, -0.05) is 0 Å². The molecular weight excluding hydrogens is 214 g/mol. The van der Waals surface area contributed by atoms with Crippen molar-refractivity contribution in [1.29, 1.82) is 5.26 Å². The van der Waals surface area contributed by atoms with E-state index < -0.39 is 17.4 Å². The average Bonchev–Trinajstić information content (AvgIpc) is 2.15. The number of pyridine rings is 1. The van der Waals surface area contributed by atoms with Crippen molar-refractivity contribution < 1.29 is 8.78 Å². The number of nitriles is 1. The number of hydrogen-bond acceptors (Lipinski definition) is 2. The molecule has 1 aromatic heterocycles. The molecule has 1 N–H and O–H groups in total. The second kappa shape index (κ2) is 4.20. The van der Waals surface area contributed by atoms with Crippen LogP contribution in [0, 0.1) is 11.3 Å². The standard InChI is InChI=1S/C8H5ClF2N2O/c9-2-5-7(8(10)11)6(14)1-4(3-12)13-5/h1,8H,2H2,(H,13,14). The van der Waals surface area contributed by atoms with Gasteiger partial charge < -0.3 is 4.98 Å². The Bertz CT molecular complexity index is 436. The maximum absolute atomic E-state index is 12.3. The minimum absolute atomic E-state index is 0.0740. The number of aromatic nitrogens is 1. The van der Waals surface area contributed by atoms with Crippen molar-refractivity contribution in [2.75, 3.05) is 0 Å². The first kappa shape index (κ1) is 10.7. The molecule has 0 bridgehead atoms. The Morgan fingerprint density at radius 2 is 2.29 bits per heavy atom. The summed E-state index contributed by atoms with van der Waals surface area (Å²) >= 11 is 5.36. The molecule has 0 saturated heterocycles. The molecule has 0 fully saturated rings. The first-order valence-electron chi connectivity index (χ1n) is 3.60. The van der Waals surface area contributed by atoms with Gasteiger partial charge in [0.05, 0.1) is 11.4 Å². The van der Waals surface area contributed by atoms with Crippen molar-refractivity contribution in [3.05, 3.63) is 33.2 Å². The van der Waals surface area contributed by atoms with E-state index in [0.717, 1.165) is 6.07 Å². The summed E-state index contributed by atoms with van der Waals surface area (Å²) in [7, 11) is 0. The number of hydrogen-bond donors (Lipinski definition) is 1. The predicted molar refractivity (Wildman–Crippen MR) is 46.3 cm³/mol. The largest absolute Gasteiger partial charge is 0.349 e. The fourth-order valence-corrected chi connectivity index (χ4v) is 1.24. The molecule has 0 aliphatic rings. The van der Waals surface area contributed by atoms with E-state index in [-0.39, 0.29) is 17.3 Å². The molecule has 1 aromatic rings. The Hall–Kier alpha value is -1.41. The molecule has 0 radical (unpaired) electrons. The highest BCUT2D eigenvalue weighted by Crippen LogP contribution is 2.19. The Labute approximate surface area is 82.9 Å². The lowest BCUT2D eigenvalue weighted by molar-refractivity contribution is 0.148. The third-order valence-corrected chi connectivity index (χ3v) is 1.89. The number of halogens is 3. The van der Waals surface area contributed by atoms with Gasteiger partial charge in [0.1, 0.15) is 11.8 Å². The van der Waals surface area contributed by atoms with Crippen LogP contribution in [0.4, 0.5) is 8.78 Å². The van der Waals surface area contributed by atoms with E-state index in [9.17, 15) is 13.6 Å². The highest BCUT2D eigenvalue weighted by atomic mass is 35.5. The van der Waals surface area contributed by atoms with Gasteiger partial charge in [-0.3, -0.25) is 4.79 Å². The topological polar surface area (TPSA) is 56.6 Å². The summed E-state index contributed by atoms with van der Waals surface area (Å²) < 4.78 is 24.7. The summed E-state index contributed by atoms with van der Waals surface area (Å²) in [5, 5.41) is 8.46. The van der Waals surface area contributed by atoms with Gasteiger partial charge in [-0.15, -0.1) is 11.6 Å². The van der Waals surface area contributed by atoms with Gasteiger partial charge in [-0.25, -0.2) is 8.78 Å². The van der Waals surface area contributed by atoms with Crippen molar-refractivity contribution in [3.8, 4) is 6.07 Å². The normalized spacial score (nSPS) is 10.2. The van der Waals surface area contributed by atoms with Crippen molar-refractivity contribution in [2.45, 2.75) is 12.3 Å². The van der Waals surface area contributed by atoms with E-state index in [1.807, 2.05) is 0 Å². The van der Waals surface area contributed by atoms with Gasteiger partial charge in [0.25, 0.3) is 6.43 Å². The molecule has 0 spiro atoms. The van der Waals surface area contributed by atoms with Crippen LogP contribution in [0.3, 0.4) is 0 Å². The maximum Gasteiger partial charge on any atom is 0.269 e. The minimum atomic E-state index is -2.89. The van der Waals surface area contributed by atoms with Crippen molar-refractivity contribution >= 4 is 11.6 Å². The van der Waals surface area contributed by atoms with Crippen LogP contribution < -0.4 is 5.43 Å². The Balaban J connectivity index is 3.45. The fraction of sp³-hybridized carbons (Fsp3) is 0.250. The molecule has 1 rings (SSSR count). The molecule has 0 unspecified atom stereocenters. The van der Waals surface area contributed by atoms with Crippen LogP contribution in [0.5, 0.6) is 0 Å². The SMILES string of the molecule is N#Cc1cc(=O)c(C(F)F)c(CCl)[nH]1. The van der Waals surface area contributed by atoms with Crippen LogP contribution in [0.1, 0.15) is 23.4 Å². The zero-order valence-corrected chi connectivity index (χ0v) is 7.61. The van der Waals surface area contributed by atoms with Crippen molar-refractivity contribution in [3.63, 3.8) is 0 Å². The highest BCUT2D eigenvalue weighted by Gasteiger charge is 2.17. The zero-order valence-electron chi connectivity index (χ0n) is 6.85. The molecule has 74 valence electrons. The number of nitrogens with one attached hydrogen (secondary N) is 1. The lowest BCUT2D eigenvalue weighted by Crippen LogP contribution is -2.14. The summed E-state index contributed by atoms with van der Waals surface area (Å²) in [4.78, 5) is 13.5. The second-order valence-electron chi connectivity index (χ2n) is 2.49. The van der Waals surface area contributed by atoms with E-state index in [1.165, 1.54) is 0 Å². The van der Waals surface area contributed by atoms with Crippen LogP contribution in [-0.4, -0.2) is 4.98 Å². The monoisotopic (exact) mass is 218 g/mol. The Morgan fingerprint density at radius 1 is 1.64 bits per heavy atom. The zero-order chi connectivity index (χ0) is 10.7. The molecular formula is C8H5ClF2N2O. The predicted octanol–water partition coefficient (Wildman–Crippen LogP) is 1.92. The third-order valence-electron chi connectivity index (χ3n) is 1.62. The van der Waals surface area contributed by atoms with E-state index in [0.29, 0.717) is 0 Å². The third kappa shape index (κ3) is 1.91. The van der Waals surface area contributed by atoms with E-state index >= 15 is 0 Å². The molecule has 0 aliphatic heterocycles. The van der Waals surface area contributed by atoms with Gasteiger partial charge in [0, 0.05) is 11.8 Å². The summed E-state index contributed by atoms with van der Waals surface area (Å²) in [6.07, 6.45) is -2.89. The average molecular weight is 219 g/mol. The lowest BCUT2D eigenvalue weighted by Gasteiger charge is -2.05. The first-order chi connectivity index (χ1) is 6.60. The van der Waals surface area contributed by atoms with Crippen LogP contribution in [0.15, 0.2) is 10.9 Å². The Kier molecular flexibility index (Phi) is 3.20. The number of rotatable bonds is 2. The van der Waals surface area contributed by atoms with Gasteiger partial charge >= 0.3 is 0 Å². The Morgan fingerprint density at radius 3 is 2.71 bits per heavy atom. The second-order valence-corrected chi connectivity index (χ2v) is 2.75. The van der Waals surface area contributed by atoms with Crippen molar-refractivity contribution in [2.24, 2.45) is 0 Å². The van der Waals surface area contributed by atoms with Gasteiger partial charge in [-0.2, -0.15) is 5.26 Å². The quantitative estimate of drug-likeness (QED) is 0.771. The van der Waals surface area contributed by atoms with Crippen LogP contribution in [0.2, 0.25) is 0 Å². The van der Waals surface area contributed by atoms with Crippen LogP contribution >= 0.6 is 11.6 Å². The van der Waals surface area contributed by atoms with Gasteiger partial charge in [0.15, 0.2) is 5.43 Å².